The molecule has 2 nitrogen and oxygen atoms in total. The molecule has 0 N–H and O–H groups in total. The van der Waals surface area contributed by atoms with Gasteiger partial charge in [0.1, 0.15) is 5.76 Å². The van der Waals surface area contributed by atoms with Crippen molar-refractivity contribution in [3.05, 3.63) is 83.1 Å². The maximum Gasteiger partial charge on any atom is 0.163 e. The van der Waals surface area contributed by atoms with Gasteiger partial charge in [0, 0.05) is 23.1 Å². The van der Waals surface area contributed by atoms with Crippen molar-refractivity contribution in [2.75, 3.05) is 0 Å². The second-order valence-electron chi connectivity index (χ2n) is 5.43. The lowest BCUT2D eigenvalue weighted by atomic mass is 9.82. The van der Waals surface area contributed by atoms with E-state index in [1.54, 1.807) is 6.92 Å². The van der Waals surface area contributed by atoms with Gasteiger partial charge in [-0.2, -0.15) is 0 Å². The van der Waals surface area contributed by atoms with Gasteiger partial charge < -0.3 is 4.74 Å². The second kappa shape index (κ2) is 5.21. The average Bonchev–Trinajstić information content (AvgIpc) is 2.88. The molecule has 3 rings (SSSR count). The van der Waals surface area contributed by atoms with Crippen molar-refractivity contribution < 1.29 is 9.53 Å². The van der Waals surface area contributed by atoms with Crippen LogP contribution in [0.25, 0.3) is 0 Å². The van der Waals surface area contributed by atoms with Gasteiger partial charge in [0.2, 0.25) is 0 Å². The summed E-state index contributed by atoms with van der Waals surface area (Å²) in [5, 5.41) is 0. The lowest BCUT2D eigenvalue weighted by Gasteiger charge is -2.31. The van der Waals surface area contributed by atoms with Crippen LogP contribution in [-0.4, -0.2) is 5.78 Å². The van der Waals surface area contributed by atoms with Gasteiger partial charge in [-0.15, -0.1) is 0 Å². The number of ketones is 1. The van der Waals surface area contributed by atoms with E-state index >= 15 is 0 Å². The molecule has 0 bridgehead atoms. The molecule has 0 saturated carbocycles. The van der Waals surface area contributed by atoms with Crippen LogP contribution in [0.5, 0.6) is 0 Å². The van der Waals surface area contributed by atoms with Crippen molar-refractivity contribution in [3.63, 3.8) is 0 Å². The summed E-state index contributed by atoms with van der Waals surface area (Å²) in [5.74, 6) is 0.816. The Kier molecular flexibility index (Phi) is 3.38. The summed E-state index contributed by atoms with van der Waals surface area (Å²) in [6.07, 6.45) is 0.586. The predicted molar refractivity (Wildman–Crippen MR) is 82.7 cm³/mol. The molecule has 2 heteroatoms. The highest BCUT2D eigenvalue weighted by Crippen LogP contribution is 2.46. The standard InChI is InChI=1S/C19H18O2/c1-14(20)18-13-19(21-15(18)2,16-9-5-3-6-10-16)17-11-7-4-8-12-17/h3-12H,13H2,1-2H3. The monoisotopic (exact) mass is 278 g/mol. The number of ether oxygens (including phenoxy) is 1. The summed E-state index contributed by atoms with van der Waals surface area (Å²) >= 11 is 0. The fraction of sp³-hybridized carbons (Fsp3) is 0.211. The SMILES string of the molecule is CC(=O)C1=C(C)OC(c2ccccc2)(c2ccccc2)C1. The summed E-state index contributed by atoms with van der Waals surface area (Å²) in [5.41, 5.74) is 2.34. The fourth-order valence-electron chi connectivity index (χ4n) is 3.01. The third kappa shape index (κ3) is 2.27. The van der Waals surface area contributed by atoms with E-state index < -0.39 is 5.60 Å². The third-order valence-corrected chi connectivity index (χ3v) is 4.08. The third-order valence-electron chi connectivity index (χ3n) is 4.08. The molecule has 0 fully saturated rings. The van der Waals surface area contributed by atoms with E-state index in [0.717, 1.165) is 22.5 Å². The van der Waals surface area contributed by atoms with E-state index in [2.05, 4.69) is 24.3 Å². The second-order valence-corrected chi connectivity index (χ2v) is 5.43. The van der Waals surface area contributed by atoms with Gasteiger partial charge in [-0.3, -0.25) is 4.79 Å². The molecular formula is C19H18O2. The highest BCUT2D eigenvalue weighted by molar-refractivity contribution is 5.94. The minimum atomic E-state index is -0.590. The zero-order chi connectivity index (χ0) is 14.9. The maximum absolute atomic E-state index is 11.9. The maximum atomic E-state index is 11.9. The van der Waals surface area contributed by atoms with Crippen molar-refractivity contribution in [1.29, 1.82) is 0 Å². The molecule has 0 spiro atoms. The van der Waals surface area contributed by atoms with Crippen LogP contribution >= 0.6 is 0 Å². The van der Waals surface area contributed by atoms with Gasteiger partial charge in [0.05, 0.1) is 0 Å². The Bertz CT molecular complexity index is 645. The molecule has 2 aromatic rings. The van der Waals surface area contributed by atoms with Gasteiger partial charge in [-0.1, -0.05) is 60.7 Å². The number of hydrogen-bond donors (Lipinski definition) is 0. The van der Waals surface area contributed by atoms with Crippen molar-refractivity contribution in [1.82, 2.24) is 0 Å². The minimum Gasteiger partial charge on any atom is -0.482 e. The van der Waals surface area contributed by atoms with Crippen molar-refractivity contribution in [3.8, 4) is 0 Å². The molecule has 0 saturated heterocycles. The number of carbonyl (C=O) groups is 1. The first kappa shape index (κ1) is 13.6. The summed E-state index contributed by atoms with van der Waals surface area (Å²) in [7, 11) is 0. The van der Waals surface area contributed by atoms with Crippen molar-refractivity contribution in [2.24, 2.45) is 0 Å². The molecule has 0 radical (unpaired) electrons. The summed E-state index contributed by atoms with van der Waals surface area (Å²) in [4.78, 5) is 11.9. The van der Waals surface area contributed by atoms with E-state index in [9.17, 15) is 4.79 Å². The first-order valence-corrected chi connectivity index (χ1v) is 7.14. The van der Waals surface area contributed by atoms with E-state index in [-0.39, 0.29) is 5.78 Å². The average molecular weight is 278 g/mol. The van der Waals surface area contributed by atoms with Gasteiger partial charge in [0.15, 0.2) is 11.4 Å². The molecule has 0 atom stereocenters. The van der Waals surface area contributed by atoms with Crippen LogP contribution in [0.4, 0.5) is 0 Å². The number of carbonyl (C=O) groups excluding carboxylic acids is 1. The topological polar surface area (TPSA) is 26.3 Å². The Hall–Kier alpha value is -2.35. The van der Waals surface area contributed by atoms with Gasteiger partial charge in [-0.05, 0) is 13.8 Å². The zero-order valence-electron chi connectivity index (χ0n) is 12.3. The quantitative estimate of drug-likeness (QED) is 0.840. The van der Waals surface area contributed by atoms with Crippen LogP contribution in [0.3, 0.4) is 0 Å². The molecule has 0 amide bonds. The summed E-state index contributed by atoms with van der Waals surface area (Å²) in [6.45, 7) is 3.48. The molecule has 1 aliphatic rings. The van der Waals surface area contributed by atoms with Crippen molar-refractivity contribution in [2.45, 2.75) is 25.9 Å². The molecule has 21 heavy (non-hydrogen) atoms. The van der Waals surface area contributed by atoms with Crippen LogP contribution < -0.4 is 0 Å². The van der Waals surface area contributed by atoms with Gasteiger partial charge in [-0.25, -0.2) is 0 Å². The Morgan fingerprint density at radius 2 is 1.43 bits per heavy atom. The minimum absolute atomic E-state index is 0.0845. The molecule has 2 aromatic carbocycles. The first-order chi connectivity index (χ1) is 10.1. The summed E-state index contributed by atoms with van der Waals surface area (Å²) < 4.78 is 6.25. The molecule has 106 valence electrons. The Labute approximate surface area is 125 Å². The highest BCUT2D eigenvalue weighted by Gasteiger charge is 2.43. The predicted octanol–water partition coefficient (Wildman–Crippen LogP) is 4.21. The smallest absolute Gasteiger partial charge is 0.163 e. The number of allylic oxidation sites excluding steroid dienone is 1. The highest BCUT2D eigenvalue weighted by atomic mass is 16.5. The molecule has 1 aliphatic heterocycles. The van der Waals surface area contributed by atoms with E-state index in [4.69, 9.17) is 4.74 Å². The normalized spacial score (nSPS) is 16.7. The lowest BCUT2D eigenvalue weighted by molar-refractivity contribution is -0.113. The fourth-order valence-corrected chi connectivity index (χ4v) is 3.01. The lowest BCUT2D eigenvalue weighted by Crippen LogP contribution is -2.27. The first-order valence-electron chi connectivity index (χ1n) is 7.14. The van der Waals surface area contributed by atoms with Crippen LogP contribution in [0.15, 0.2) is 72.0 Å². The van der Waals surface area contributed by atoms with Crippen LogP contribution in [0.1, 0.15) is 31.4 Å². The van der Waals surface area contributed by atoms with Gasteiger partial charge >= 0.3 is 0 Å². The molecule has 0 aliphatic carbocycles. The van der Waals surface area contributed by atoms with Crippen LogP contribution in [0, 0.1) is 0 Å². The number of benzene rings is 2. The number of Topliss-reactive ketones (excluding diaryl/α,β-unsaturated/α-hetero) is 1. The Morgan fingerprint density at radius 1 is 0.952 bits per heavy atom. The molecule has 0 aromatic heterocycles. The molecule has 1 heterocycles. The van der Waals surface area contributed by atoms with Crippen LogP contribution in [-0.2, 0) is 15.1 Å². The largest absolute Gasteiger partial charge is 0.482 e. The van der Waals surface area contributed by atoms with E-state index in [1.807, 2.05) is 43.3 Å². The summed E-state index contributed by atoms with van der Waals surface area (Å²) in [6, 6.07) is 20.2. The van der Waals surface area contributed by atoms with Gasteiger partial charge in [0.25, 0.3) is 0 Å². The molecular weight excluding hydrogens is 260 g/mol. The Balaban J connectivity index is 2.14. The zero-order valence-corrected chi connectivity index (χ0v) is 12.3. The Morgan fingerprint density at radius 3 is 1.81 bits per heavy atom. The van der Waals surface area contributed by atoms with E-state index in [1.165, 1.54) is 0 Å². The number of rotatable bonds is 3. The van der Waals surface area contributed by atoms with E-state index in [0.29, 0.717) is 6.42 Å². The molecule has 0 unspecified atom stereocenters. The number of hydrogen-bond acceptors (Lipinski definition) is 2. The van der Waals surface area contributed by atoms with Crippen LogP contribution in [0.2, 0.25) is 0 Å². The van der Waals surface area contributed by atoms with Crippen molar-refractivity contribution >= 4 is 5.78 Å².